The van der Waals surface area contributed by atoms with Crippen molar-refractivity contribution in [2.75, 3.05) is 0 Å². The average Bonchev–Trinajstić information content (AvgIpc) is 2.38. The van der Waals surface area contributed by atoms with Gasteiger partial charge >= 0.3 is 0 Å². The molecule has 0 atom stereocenters. The summed E-state index contributed by atoms with van der Waals surface area (Å²) in [6.07, 6.45) is 6.59. The topological polar surface area (TPSA) is 43.1 Å². The fourth-order valence-corrected chi connectivity index (χ4v) is 4.32. The van der Waals surface area contributed by atoms with E-state index in [1.807, 2.05) is 17.8 Å². The summed E-state index contributed by atoms with van der Waals surface area (Å²) < 4.78 is 0.637. The Labute approximate surface area is 120 Å². The number of halogens is 1. The number of hydrogen-bond donors (Lipinski definition) is 0. The van der Waals surface area contributed by atoms with Crippen LogP contribution in [0.2, 0.25) is 0 Å². The average molecular weight is 330 g/mol. The van der Waals surface area contributed by atoms with Crippen LogP contribution in [0.15, 0.2) is 22.7 Å². The van der Waals surface area contributed by atoms with Gasteiger partial charge in [-0.25, -0.2) is 0 Å². The second-order valence-electron chi connectivity index (χ2n) is 4.58. The molecule has 1 aliphatic carbocycles. The molecular weight excluding hydrogens is 314 g/mol. The van der Waals surface area contributed by atoms with Gasteiger partial charge in [-0.05, 0) is 34.3 Å². The molecule has 3 nitrogen and oxygen atoms in total. The number of nitrogens with zero attached hydrogens (tertiary/aromatic N) is 1. The van der Waals surface area contributed by atoms with Crippen LogP contribution in [-0.4, -0.2) is 10.2 Å². The zero-order valence-electron chi connectivity index (χ0n) is 10.1. The van der Waals surface area contributed by atoms with Gasteiger partial charge in [0.15, 0.2) is 0 Å². The minimum Gasteiger partial charge on any atom is -0.258 e. The maximum atomic E-state index is 10.8. The van der Waals surface area contributed by atoms with Crippen LogP contribution in [0.4, 0.5) is 5.69 Å². The van der Waals surface area contributed by atoms with Crippen molar-refractivity contribution in [3.05, 3.63) is 38.3 Å². The highest BCUT2D eigenvalue weighted by Gasteiger charge is 2.17. The molecule has 1 saturated carbocycles. The molecule has 0 aliphatic heterocycles. The van der Waals surface area contributed by atoms with Gasteiger partial charge < -0.3 is 0 Å². The summed E-state index contributed by atoms with van der Waals surface area (Å²) in [5.41, 5.74) is 1.19. The van der Waals surface area contributed by atoms with E-state index in [9.17, 15) is 10.1 Å². The Hall–Kier alpha value is -0.550. The summed E-state index contributed by atoms with van der Waals surface area (Å²) in [5, 5.41) is 11.6. The third kappa shape index (κ3) is 3.48. The van der Waals surface area contributed by atoms with Gasteiger partial charge in [0.1, 0.15) is 0 Å². The van der Waals surface area contributed by atoms with Gasteiger partial charge in [-0.2, -0.15) is 11.8 Å². The van der Waals surface area contributed by atoms with Crippen LogP contribution in [0, 0.1) is 10.1 Å². The fourth-order valence-electron chi connectivity index (χ4n) is 2.26. The van der Waals surface area contributed by atoms with Crippen LogP contribution in [0.3, 0.4) is 0 Å². The van der Waals surface area contributed by atoms with Crippen molar-refractivity contribution in [1.29, 1.82) is 0 Å². The molecule has 1 aromatic carbocycles. The van der Waals surface area contributed by atoms with E-state index in [0.29, 0.717) is 4.47 Å². The molecule has 0 spiro atoms. The standard InChI is InChI=1S/C13H16BrNO2S/c14-13-10(5-4-8-12(13)15(16)17)9-18-11-6-2-1-3-7-11/h4-5,8,11H,1-3,6-7,9H2. The predicted octanol–water partition coefficient (Wildman–Crippen LogP) is 4.92. The highest BCUT2D eigenvalue weighted by atomic mass is 79.9. The first-order chi connectivity index (χ1) is 8.68. The quantitative estimate of drug-likeness (QED) is 0.581. The SMILES string of the molecule is O=[N+]([O-])c1cccc(CSC2CCCCC2)c1Br. The van der Waals surface area contributed by atoms with Crippen molar-refractivity contribution in [1.82, 2.24) is 0 Å². The molecule has 0 N–H and O–H groups in total. The number of thioether (sulfide) groups is 1. The highest BCUT2D eigenvalue weighted by molar-refractivity contribution is 9.10. The minimum atomic E-state index is -0.334. The Balaban J connectivity index is 2.00. The Bertz CT molecular complexity index is 433. The number of hydrogen-bond acceptors (Lipinski definition) is 3. The summed E-state index contributed by atoms with van der Waals surface area (Å²) in [4.78, 5) is 10.5. The molecule has 98 valence electrons. The normalized spacial score (nSPS) is 16.7. The van der Waals surface area contributed by atoms with E-state index >= 15 is 0 Å². The van der Waals surface area contributed by atoms with Crippen LogP contribution < -0.4 is 0 Å². The molecule has 5 heteroatoms. The fraction of sp³-hybridized carbons (Fsp3) is 0.538. The summed E-state index contributed by atoms with van der Waals surface area (Å²) in [7, 11) is 0. The van der Waals surface area contributed by atoms with Crippen molar-refractivity contribution >= 4 is 33.4 Å². The van der Waals surface area contributed by atoms with Crippen molar-refractivity contribution in [3.8, 4) is 0 Å². The summed E-state index contributed by atoms with van der Waals surface area (Å²) in [6.45, 7) is 0. The molecule has 0 bridgehead atoms. The molecule has 0 saturated heterocycles. The molecule has 0 unspecified atom stereocenters. The van der Waals surface area contributed by atoms with Gasteiger partial charge in [0.05, 0.1) is 9.40 Å². The van der Waals surface area contributed by atoms with Gasteiger partial charge in [0, 0.05) is 17.1 Å². The third-order valence-electron chi connectivity index (χ3n) is 3.28. The minimum absolute atomic E-state index is 0.164. The third-order valence-corrected chi connectivity index (χ3v) is 5.62. The lowest BCUT2D eigenvalue weighted by Gasteiger charge is -2.21. The highest BCUT2D eigenvalue weighted by Crippen LogP contribution is 2.35. The largest absolute Gasteiger partial charge is 0.283 e. The number of benzene rings is 1. The van der Waals surface area contributed by atoms with Crippen molar-refractivity contribution in [2.24, 2.45) is 0 Å². The summed E-state index contributed by atoms with van der Waals surface area (Å²) >= 11 is 5.28. The summed E-state index contributed by atoms with van der Waals surface area (Å²) in [6, 6.07) is 5.27. The second kappa shape index (κ2) is 6.57. The Kier molecular flexibility index (Phi) is 5.06. The molecular formula is C13H16BrNO2S. The smallest absolute Gasteiger partial charge is 0.258 e. The molecule has 0 amide bonds. The van der Waals surface area contributed by atoms with E-state index in [2.05, 4.69) is 15.9 Å². The van der Waals surface area contributed by atoms with E-state index in [-0.39, 0.29) is 10.6 Å². The lowest BCUT2D eigenvalue weighted by Crippen LogP contribution is -2.08. The summed E-state index contributed by atoms with van der Waals surface area (Å²) in [5.74, 6) is 0.854. The molecule has 1 fully saturated rings. The van der Waals surface area contributed by atoms with Crippen molar-refractivity contribution in [3.63, 3.8) is 0 Å². The van der Waals surface area contributed by atoms with Gasteiger partial charge in [0.25, 0.3) is 5.69 Å². The molecule has 2 rings (SSSR count). The Morgan fingerprint density at radius 2 is 2.06 bits per heavy atom. The van der Waals surface area contributed by atoms with Crippen molar-refractivity contribution in [2.45, 2.75) is 43.1 Å². The second-order valence-corrected chi connectivity index (χ2v) is 6.66. The molecule has 0 aromatic heterocycles. The van der Waals surface area contributed by atoms with E-state index in [4.69, 9.17) is 0 Å². The van der Waals surface area contributed by atoms with E-state index in [0.717, 1.165) is 16.6 Å². The van der Waals surface area contributed by atoms with Gasteiger partial charge in [-0.3, -0.25) is 10.1 Å². The zero-order valence-corrected chi connectivity index (χ0v) is 12.5. The first-order valence-electron chi connectivity index (χ1n) is 6.22. The lowest BCUT2D eigenvalue weighted by atomic mass is 10.0. The molecule has 1 aromatic rings. The van der Waals surface area contributed by atoms with Crippen LogP contribution in [-0.2, 0) is 5.75 Å². The van der Waals surface area contributed by atoms with Gasteiger partial charge in [0.2, 0.25) is 0 Å². The molecule has 18 heavy (non-hydrogen) atoms. The van der Waals surface area contributed by atoms with Gasteiger partial charge in [-0.15, -0.1) is 0 Å². The predicted molar refractivity (Wildman–Crippen MR) is 79.0 cm³/mol. The van der Waals surface area contributed by atoms with Crippen LogP contribution >= 0.6 is 27.7 Å². The molecule has 0 heterocycles. The number of nitro benzene ring substituents is 1. The Morgan fingerprint density at radius 1 is 1.33 bits per heavy atom. The first-order valence-corrected chi connectivity index (χ1v) is 8.06. The van der Waals surface area contributed by atoms with E-state index in [1.54, 1.807) is 12.1 Å². The van der Waals surface area contributed by atoms with Crippen LogP contribution in [0.1, 0.15) is 37.7 Å². The maximum absolute atomic E-state index is 10.8. The van der Waals surface area contributed by atoms with E-state index in [1.165, 1.54) is 32.1 Å². The van der Waals surface area contributed by atoms with E-state index < -0.39 is 0 Å². The van der Waals surface area contributed by atoms with Crippen LogP contribution in [0.25, 0.3) is 0 Å². The molecule has 1 aliphatic rings. The first kappa shape index (κ1) is 13.9. The maximum Gasteiger partial charge on any atom is 0.283 e. The Morgan fingerprint density at radius 3 is 2.72 bits per heavy atom. The number of rotatable bonds is 4. The zero-order chi connectivity index (χ0) is 13.0. The van der Waals surface area contributed by atoms with Crippen LogP contribution in [0.5, 0.6) is 0 Å². The molecule has 0 radical (unpaired) electrons. The van der Waals surface area contributed by atoms with Gasteiger partial charge in [-0.1, -0.05) is 31.4 Å². The number of nitro groups is 1. The lowest BCUT2D eigenvalue weighted by molar-refractivity contribution is -0.385. The van der Waals surface area contributed by atoms with Crippen molar-refractivity contribution < 1.29 is 4.92 Å². The monoisotopic (exact) mass is 329 g/mol.